The first-order valence-electron chi connectivity index (χ1n) is 5.37. The quantitative estimate of drug-likeness (QED) is 0.281. The average Bonchev–Trinajstić information content (AvgIpc) is 2.23. The minimum atomic E-state index is -0.997. The first-order chi connectivity index (χ1) is 6.58. The number of rotatable bonds is 7. The summed E-state index contributed by atoms with van der Waals surface area (Å²) in [6, 6.07) is 3.89. The number of hydrogen-bond acceptors (Lipinski definition) is 2. The van der Waals surface area contributed by atoms with Gasteiger partial charge in [0, 0.05) is 6.08 Å². The average molecular weight is 214 g/mol. The van der Waals surface area contributed by atoms with Gasteiger partial charge in [-0.2, -0.15) is 0 Å². The van der Waals surface area contributed by atoms with E-state index in [1.165, 1.54) is 24.2 Å². The summed E-state index contributed by atoms with van der Waals surface area (Å²) in [4.78, 5) is 10.7. The van der Waals surface area contributed by atoms with Gasteiger partial charge in [-0.3, -0.25) is 0 Å². The SMILES string of the molecule is C=CC(=O)OCCC[Si](C)(CC)CC. The van der Waals surface area contributed by atoms with Crippen molar-refractivity contribution in [1.29, 1.82) is 0 Å². The largest absolute Gasteiger partial charge is 0.463 e. The second kappa shape index (κ2) is 6.82. The van der Waals surface area contributed by atoms with Crippen LogP contribution in [0.5, 0.6) is 0 Å². The maximum Gasteiger partial charge on any atom is 0.330 e. The highest BCUT2D eigenvalue weighted by Crippen LogP contribution is 2.21. The lowest BCUT2D eigenvalue weighted by molar-refractivity contribution is -0.137. The summed E-state index contributed by atoms with van der Waals surface area (Å²) in [7, 11) is -0.997. The maximum absolute atomic E-state index is 10.7. The zero-order valence-corrected chi connectivity index (χ0v) is 10.6. The Morgan fingerprint density at radius 1 is 1.43 bits per heavy atom. The van der Waals surface area contributed by atoms with Gasteiger partial charge in [-0.25, -0.2) is 4.79 Å². The number of ether oxygens (including phenoxy) is 1. The third kappa shape index (κ3) is 5.22. The van der Waals surface area contributed by atoms with Crippen molar-refractivity contribution in [1.82, 2.24) is 0 Å². The molecule has 0 aliphatic rings. The third-order valence-corrected chi connectivity index (χ3v) is 8.02. The van der Waals surface area contributed by atoms with E-state index >= 15 is 0 Å². The van der Waals surface area contributed by atoms with E-state index in [4.69, 9.17) is 4.74 Å². The van der Waals surface area contributed by atoms with Crippen molar-refractivity contribution in [3.05, 3.63) is 12.7 Å². The molecule has 0 heterocycles. The minimum Gasteiger partial charge on any atom is -0.463 e. The van der Waals surface area contributed by atoms with Crippen LogP contribution in [-0.4, -0.2) is 20.7 Å². The molecule has 14 heavy (non-hydrogen) atoms. The first-order valence-corrected chi connectivity index (χ1v) is 8.49. The second-order valence-electron chi connectivity index (χ2n) is 3.99. The van der Waals surface area contributed by atoms with Gasteiger partial charge in [-0.15, -0.1) is 0 Å². The predicted octanol–water partition coefficient (Wildman–Crippen LogP) is 3.22. The number of esters is 1. The highest BCUT2D eigenvalue weighted by molar-refractivity contribution is 6.78. The fraction of sp³-hybridized carbons (Fsp3) is 0.727. The molecule has 0 saturated heterocycles. The minimum absolute atomic E-state index is 0.304. The lowest BCUT2D eigenvalue weighted by Crippen LogP contribution is -2.27. The lowest BCUT2D eigenvalue weighted by atomic mass is 10.5. The highest BCUT2D eigenvalue weighted by atomic mass is 28.3. The summed E-state index contributed by atoms with van der Waals surface area (Å²) < 4.78 is 4.94. The molecule has 0 N–H and O–H groups in total. The predicted molar refractivity (Wildman–Crippen MR) is 63.2 cm³/mol. The van der Waals surface area contributed by atoms with E-state index in [2.05, 4.69) is 27.0 Å². The summed E-state index contributed by atoms with van der Waals surface area (Å²) in [5.74, 6) is -0.304. The zero-order chi connectivity index (χ0) is 11.0. The molecule has 0 aliphatic carbocycles. The standard InChI is InChI=1S/C11H22O2Si/c1-5-11(12)13-9-8-10-14(4,6-2)7-3/h5H,1,6-10H2,2-4H3. The Morgan fingerprint density at radius 3 is 2.43 bits per heavy atom. The van der Waals surface area contributed by atoms with Crippen LogP contribution in [0.2, 0.25) is 24.7 Å². The van der Waals surface area contributed by atoms with Gasteiger partial charge in [0.1, 0.15) is 0 Å². The van der Waals surface area contributed by atoms with Crippen molar-refractivity contribution in [3.63, 3.8) is 0 Å². The van der Waals surface area contributed by atoms with E-state index in [9.17, 15) is 4.79 Å². The molecule has 0 aromatic heterocycles. The van der Waals surface area contributed by atoms with Gasteiger partial charge in [0.2, 0.25) is 0 Å². The van der Waals surface area contributed by atoms with Crippen molar-refractivity contribution >= 4 is 14.0 Å². The van der Waals surface area contributed by atoms with E-state index in [0.717, 1.165) is 6.42 Å². The molecule has 2 nitrogen and oxygen atoms in total. The van der Waals surface area contributed by atoms with Crippen LogP contribution in [0.3, 0.4) is 0 Å². The molecule has 0 aliphatic heterocycles. The van der Waals surface area contributed by atoms with E-state index in [1.54, 1.807) is 0 Å². The topological polar surface area (TPSA) is 26.3 Å². The van der Waals surface area contributed by atoms with Crippen molar-refractivity contribution in [2.75, 3.05) is 6.61 Å². The maximum atomic E-state index is 10.7. The zero-order valence-electron chi connectivity index (χ0n) is 9.64. The molecule has 0 aromatic carbocycles. The molecular weight excluding hydrogens is 192 g/mol. The fourth-order valence-electron chi connectivity index (χ4n) is 1.33. The van der Waals surface area contributed by atoms with Crippen LogP contribution < -0.4 is 0 Å². The van der Waals surface area contributed by atoms with Gasteiger partial charge in [0.25, 0.3) is 0 Å². The first kappa shape index (κ1) is 13.4. The summed E-state index contributed by atoms with van der Waals surface area (Å²) in [6.45, 7) is 10.9. The third-order valence-electron chi connectivity index (χ3n) is 3.04. The number of carbonyl (C=O) groups is 1. The van der Waals surface area contributed by atoms with E-state index in [0.29, 0.717) is 6.61 Å². The summed E-state index contributed by atoms with van der Waals surface area (Å²) in [6.07, 6.45) is 2.22. The molecule has 0 bridgehead atoms. The number of hydrogen-bond donors (Lipinski definition) is 0. The monoisotopic (exact) mass is 214 g/mol. The molecule has 3 heteroatoms. The van der Waals surface area contributed by atoms with E-state index in [1.807, 2.05) is 0 Å². The van der Waals surface area contributed by atoms with Gasteiger partial charge in [0.05, 0.1) is 14.7 Å². The van der Waals surface area contributed by atoms with Crippen molar-refractivity contribution in [2.24, 2.45) is 0 Å². The van der Waals surface area contributed by atoms with Crippen LogP contribution in [-0.2, 0) is 9.53 Å². The molecule has 82 valence electrons. The lowest BCUT2D eigenvalue weighted by Gasteiger charge is -2.23. The molecule has 0 amide bonds. The normalized spacial score (nSPS) is 11.1. The summed E-state index contributed by atoms with van der Waals surface area (Å²) in [5, 5.41) is 0. The van der Waals surface area contributed by atoms with E-state index < -0.39 is 8.07 Å². The van der Waals surface area contributed by atoms with Gasteiger partial charge >= 0.3 is 5.97 Å². The molecule has 0 unspecified atom stereocenters. The van der Waals surface area contributed by atoms with Crippen LogP contribution in [0.4, 0.5) is 0 Å². The van der Waals surface area contributed by atoms with Crippen molar-refractivity contribution < 1.29 is 9.53 Å². The van der Waals surface area contributed by atoms with Gasteiger partial charge in [-0.05, 0) is 6.42 Å². The van der Waals surface area contributed by atoms with Crippen LogP contribution in [0.25, 0.3) is 0 Å². The molecule has 0 fully saturated rings. The summed E-state index contributed by atoms with van der Waals surface area (Å²) in [5.41, 5.74) is 0. The molecule has 0 spiro atoms. The number of carbonyl (C=O) groups excluding carboxylic acids is 1. The Labute approximate surface area is 88.4 Å². The van der Waals surface area contributed by atoms with Gasteiger partial charge < -0.3 is 4.74 Å². The Balaban J connectivity index is 3.62. The van der Waals surface area contributed by atoms with Gasteiger partial charge in [0.15, 0.2) is 0 Å². The van der Waals surface area contributed by atoms with E-state index in [-0.39, 0.29) is 5.97 Å². The molecule has 0 saturated carbocycles. The Bertz CT molecular complexity index is 186. The van der Waals surface area contributed by atoms with Crippen LogP contribution in [0.1, 0.15) is 20.3 Å². The molecular formula is C11H22O2Si. The Hall–Kier alpha value is -0.573. The summed E-state index contributed by atoms with van der Waals surface area (Å²) >= 11 is 0. The smallest absolute Gasteiger partial charge is 0.330 e. The van der Waals surface area contributed by atoms with Gasteiger partial charge in [-0.1, -0.05) is 45.1 Å². The fourth-order valence-corrected chi connectivity index (χ4v) is 3.54. The highest BCUT2D eigenvalue weighted by Gasteiger charge is 2.21. The Morgan fingerprint density at radius 2 is 2.00 bits per heavy atom. The van der Waals surface area contributed by atoms with Crippen molar-refractivity contribution in [2.45, 2.75) is 44.9 Å². The Kier molecular flexibility index (Phi) is 6.54. The molecule has 0 rings (SSSR count). The second-order valence-corrected chi connectivity index (χ2v) is 9.53. The van der Waals surface area contributed by atoms with Crippen LogP contribution >= 0.6 is 0 Å². The molecule has 0 atom stereocenters. The molecule has 0 aromatic rings. The molecule has 0 radical (unpaired) electrons. The van der Waals surface area contributed by atoms with Crippen molar-refractivity contribution in [3.8, 4) is 0 Å². The van der Waals surface area contributed by atoms with Crippen LogP contribution in [0, 0.1) is 0 Å². The van der Waals surface area contributed by atoms with Crippen LogP contribution in [0.15, 0.2) is 12.7 Å².